The molecule has 1 aromatic carbocycles. The van der Waals surface area contributed by atoms with E-state index >= 15 is 0 Å². The molecule has 0 aliphatic heterocycles. The molecule has 4 nitrogen and oxygen atoms in total. The van der Waals surface area contributed by atoms with Gasteiger partial charge in [-0.25, -0.2) is 4.98 Å². The molecular weight excluding hydrogens is 262 g/mol. The van der Waals surface area contributed by atoms with Gasteiger partial charge in [0, 0.05) is 0 Å². The Hall–Kier alpha value is -2.20. The Morgan fingerprint density at radius 1 is 1.38 bits per heavy atom. The summed E-state index contributed by atoms with van der Waals surface area (Å²) in [6.07, 6.45) is 6.95. The molecule has 1 atom stereocenters. The third-order valence-corrected chi connectivity index (χ3v) is 4.09. The maximum absolute atomic E-state index is 13.0. The molecule has 0 saturated carbocycles. The number of benzene rings is 1. The van der Waals surface area contributed by atoms with E-state index in [4.69, 9.17) is 5.73 Å². The zero-order valence-corrected chi connectivity index (χ0v) is 12.3. The van der Waals surface area contributed by atoms with E-state index in [-0.39, 0.29) is 18.1 Å². The van der Waals surface area contributed by atoms with E-state index in [1.54, 1.807) is 4.57 Å². The standard InChI is InChI=1S/C17H19N3O/c1-11-6-3-4-9-14(11)20-15(10-18)19-13-8-5-7-12(2)16(13)17(20)21/h3-8,14H,9-10,18H2,1-2H3. The minimum atomic E-state index is 0.00611. The molecule has 0 spiro atoms. The molecule has 1 unspecified atom stereocenters. The van der Waals surface area contributed by atoms with E-state index < -0.39 is 0 Å². The largest absolute Gasteiger partial charge is 0.324 e. The average Bonchev–Trinajstić information content (AvgIpc) is 2.48. The van der Waals surface area contributed by atoms with Gasteiger partial charge >= 0.3 is 0 Å². The van der Waals surface area contributed by atoms with Crippen LogP contribution >= 0.6 is 0 Å². The van der Waals surface area contributed by atoms with E-state index in [1.165, 1.54) is 0 Å². The van der Waals surface area contributed by atoms with Gasteiger partial charge in [-0.2, -0.15) is 0 Å². The van der Waals surface area contributed by atoms with E-state index in [1.807, 2.05) is 44.2 Å². The van der Waals surface area contributed by atoms with Gasteiger partial charge in [-0.15, -0.1) is 0 Å². The van der Waals surface area contributed by atoms with Crippen molar-refractivity contribution in [2.24, 2.45) is 5.73 Å². The zero-order chi connectivity index (χ0) is 15.0. The van der Waals surface area contributed by atoms with Crippen molar-refractivity contribution in [3.05, 3.63) is 63.7 Å². The molecule has 0 radical (unpaired) electrons. The Kier molecular flexibility index (Phi) is 3.47. The van der Waals surface area contributed by atoms with Crippen LogP contribution < -0.4 is 11.3 Å². The summed E-state index contributed by atoms with van der Waals surface area (Å²) in [6, 6.07) is 5.75. The first-order valence-electron chi connectivity index (χ1n) is 7.17. The first kappa shape index (κ1) is 13.8. The van der Waals surface area contributed by atoms with Crippen LogP contribution in [0.25, 0.3) is 10.9 Å². The summed E-state index contributed by atoms with van der Waals surface area (Å²) in [4.78, 5) is 17.6. The van der Waals surface area contributed by atoms with Gasteiger partial charge in [-0.1, -0.05) is 35.9 Å². The lowest BCUT2D eigenvalue weighted by molar-refractivity contribution is 0.524. The smallest absolute Gasteiger partial charge is 0.262 e. The summed E-state index contributed by atoms with van der Waals surface area (Å²) in [6.45, 7) is 4.25. The average molecular weight is 281 g/mol. The first-order chi connectivity index (χ1) is 10.1. The van der Waals surface area contributed by atoms with Crippen molar-refractivity contribution < 1.29 is 0 Å². The lowest BCUT2D eigenvalue weighted by atomic mass is 9.99. The van der Waals surface area contributed by atoms with Gasteiger partial charge in [0.25, 0.3) is 5.56 Å². The number of aryl methyl sites for hydroxylation is 1. The summed E-state index contributed by atoms with van der Waals surface area (Å²) in [5.41, 5.74) is 8.68. The molecule has 21 heavy (non-hydrogen) atoms. The number of fused-ring (bicyclic) bond motifs is 1. The SMILES string of the molecule is CC1=CC=CCC1n1c(CN)nc2cccc(C)c2c1=O. The van der Waals surface area contributed by atoms with Gasteiger partial charge < -0.3 is 5.73 Å². The van der Waals surface area contributed by atoms with E-state index in [2.05, 4.69) is 11.1 Å². The molecule has 1 aliphatic carbocycles. The van der Waals surface area contributed by atoms with Crippen molar-refractivity contribution in [1.82, 2.24) is 9.55 Å². The zero-order valence-electron chi connectivity index (χ0n) is 12.3. The minimum absolute atomic E-state index is 0.00611. The third-order valence-electron chi connectivity index (χ3n) is 4.09. The highest BCUT2D eigenvalue weighted by Gasteiger charge is 2.20. The fourth-order valence-electron chi connectivity index (χ4n) is 2.95. The van der Waals surface area contributed by atoms with Crippen molar-refractivity contribution >= 4 is 10.9 Å². The lowest BCUT2D eigenvalue weighted by Gasteiger charge is -2.24. The number of hydrogen-bond donors (Lipinski definition) is 1. The quantitative estimate of drug-likeness (QED) is 0.920. The highest BCUT2D eigenvalue weighted by molar-refractivity contribution is 5.81. The normalized spacial score (nSPS) is 18.0. The van der Waals surface area contributed by atoms with Crippen LogP contribution in [-0.2, 0) is 6.54 Å². The number of allylic oxidation sites excluding steroid dienone is 4. The van der Waals surface area contributed by atoms with Crippen molar-refractivity contribution in [2.75, 3.05) is 0 Å². The highest BCUT2D eigenvalue weighted by Crippen LogP contribution is 2.26. The number of nitrogens with zero attached hydrogens (tertiary/aromatic N) is 2. The van der Waals surface area contributed by atoms with Gasteiger partial charge in [0.15, 0.2) is 0 Å². The number of aromatic nitrogens is 2. The summed E-state index contributed by atoms with van der Waals surface area (Å²) in [5, 5.41) is 0.692. The molecule has 1 aromatic heterocycles. The van der Waals surface area contributed by atoms with Crippen LogP contribution in [0.1, 0.15) is 30.8 Å². The molecule has 1 heterocycles. The Bertz CT molecular complexity index is 815. The maximum atomic E-state index is 13.0. The Balaban J connectivity index is 2.34. The van der Waals surface area contributed by atoms with Crippen LogP contribution in [0.2, 0.25) is 0 Å². The minimum Gasteiger partial charge on any atom is -0.324 e. The predicted octanol–water partition coefficient (Wildman–Crippen LogP) is 2.61. The highest BCUT2D eigenvalue weighted by atomic mass is 16.1. The fourth-order valence-corrected chi connectivity index (χ4v) is 2.95. The number of hydrogen-bond acceptors (Lipinski definition) is 3. The Morgan fingerprint density at radius 2 is 2.19 bits per heavy atom. The fraction of sp³-hybridized carbons (Fsp3) is 0.294. The molecule has 4 heteroatoms. The molecular formula is C17H19N3O. The van der Waals surface area contributed by atoms with Crippen molar-refractivity contribution in [2.45, 2.75) is 32.9 Å². The molecule has 3 rings (SSSR count). The number of rotatable bonds is 2. The predicted molar refractivity (Wildman–Crippen MR) is 85.2 cm³/mol. The second-order valence-electron chi connectivity index (χ2n) is 5.47. The number of nitrogens with two attached hydrogens (primary N) is 1. The van der Waals surface area contributed by atoms with Crippen LogP contribution in [0.4, 0.5) is 0 Å². The second kappa shape index (κ2) is 5.30. The molecule has 0 bridgehead atoms. The van der Waals surface area contributed by atoms with Gasteiger partial charge in [-0.3, -0.25) is 9.36 Å². The summed E-state index contributed by atoms with van der Waals surface area (Å²) in [5.74, 6) is 0.645. The van der Waals surface area contributed by atoms with Crippen LogP contribution in [0.5, 0.6) is 0 Å². The summed E-state index contributed by atoms with van der Waals surface area (Å²) >= 11 is 0. The van der Waals surface area contributed by atoms with Gasteiger partial charge in [0.1, 0.15) is 5.82 Å². The third kappa shape index (κ3) is 2.21. The molecule has 2 N–H and O–H groups in total. The molecule has 1 aliphatic rings. The van der Waals surface area contributed by atoms with E-state index in [0.29, 0.717) is 11.2 Å². The molecule has 0 saturated heterocycles. The topological polar surface area (TPSA) is 60.9 Å². The molecule has 108 valence electrons. The van der Waals surface area contributed by atoms with Gasteiger partial charge in [0.2, 0.25) is 0 Å². The van der Waals surface area contributed by atoms with E-state index in [9.17, 15) is 4.79 Å². The van der Waals surface area contributed by atoms with Crippen molar-refractivity contribution in [1.29, 1.82) is 0 Å². The monoisotopic (exact) mass is 281 g/mol. The Labute approximate surface area is 123 Å². The molecule has 0 fully saturated rings. The van der Waals surface area contributed by atoms with Crippen molar-refractivity contribution in [3.63, 3.8) is 0 Å². The summed E-state index contributed by atoms with van der Waals surface area (Å²) in [7, 11) is 0. The van der Waals surface area contributed by atoms with Crippen molar-refractivity contribution in [3.8, 4) is 0 Å². The van der Waals surface area contributed by atoms with Crippen LogP contribution in [0.15, 0.2) is 46.8 Å². The molecule has 0 amide bonds. The van der Waals surface area contributed by atoms with Gasteiger partial charge in [0.05, 0.1) is 23.5 Å². The second-order valence-corrected chi connectivity index (χ2v) is 5.47. The van der Waals surface area contributed by atoms with Gasteiger partial charge in [-0.05, 0) is 31.9 Å². The summed E-state index contributed by atoms with van der Waals surface area (Å²) < 4.78 is 1.77. The Morgan fingerprint density at radius 3 is 2.90 bits per heavy atom. The van der Waals surface area contributed by atoms with Crippen LogP contribution in [0, 0.1) is 6.92 Å². The lowest BCUT2D eigenvalue weighted by Crippen LogP contribution is -2.31. The van der Waals surface area contributed by atoms with E-state index in [0.717, 1.165) is 23.1 Å². The van der Waals surface area contributed by atoms with Crippen LogP contribution in [0.3, 0.4) is 0 Å². The first-order valence-corrected chi connectivity index (χ1v) is 7.17. The van der Waals surface area contributed by atoms with Crippen LogP contribution in [-0.4, -0.2) is 9.55 Å². The maximum Gasteiger partial charge on any atom is 0.262 e. The molecule has 2 aromatic rings.